The van der Waals surface area contributed by atoms with E-state index in [2.05, 4.69) is 10.6 Å². The van der Waals surface area contributed by atoms with E-state index in [4.69, 9.17) is 0 Å². The van der Waals surface area contributed by atoms with Crippen molar-refractivity contribution >= 4 is 32.6 Å². The van der Waals surface area contributed by atoms with E-state index in [1.807, 2.05) is 36.6 Å². The molecule has 1 aromatic rings. The third-order valence-electron chi connectivity index (χ3n) is 6.09. The van der Waals surface area contributed by atoms with Crippen molar-refractivity contribution < 1.29 is 28.8 Å². The lowest BCUT2D eigenvalue weighted by atomic mass is 10.0. The van der Waals surface area contributed by atoms with Gasteiger partial charge in [0.25, 0.3) is 0 Å². The highest BCUT2D eigenvalue weighted by Crippen LogP contribution is 2.20. The molecule has 2 rings (SSSR count). The largest absolute Gasteiger partial charge is 0.409 e. The van der Waals surface area contributed by atoms with Gasteiger partial charge in [0.05, 0.1) is 11.7 Å². The van der Waals surface area contributed by atoms with Gasteiger partial charge in [-0.2, -0.15) is 0 Å². The molecule has 4 atom stereocenters. The van der Waals surface area contributed by atoms with Crippen LogP contribution in [0.2, 0.25) is 6.04 Å². The fraction of sp³-hybridized carbons (Fsp3) is 0.565. The molecule has 0 unspecified atom stereocenters. The summed E-state index contributed by atoms with van der Waals surface area (Å²) in [5, 5.41) is 5.55. The lowest BCUT2D eigenvalue weighted by Gasteiger charge is -2.32. The molecule has 1 fully saturated rings. The summed E-state index contributed by atoms with van der Waals surface area (Å²) >= 11 is 0. The molecular formula is C23H34N3O6Si. The molecule has 1 aliphatic heterocycles. The molecule has 0 saturated carbocycles. The second kappa shape index (κ2) is 12.2. The molecule has 33 heavy (non-hydrogen) atoms. The Morgan fingerprint density at radius 2 is 1.91 bits per heavy atom. The fourth-order valence-electron chi connectivity index (χ4n) is 3.98. The molecule has 181 valence electrons. The van der Waals surface area contributed by atoms with Crippen LogP contribution in [0.3, 0.4) is 0 Å². The third-order valence-corrected chi connectivity index (χ3v) is 8.72. The molecule has 1 heterocycles. The van der Waals surface area contributed by atoms with Crippen molar-refractivity contribution in [3.05, 3.63) is 35.9 Å². The molecule has 9 nitrogen and oxygen atoms in total. The molecule has 10 heteroatoms. The second-order valence-electron chi connectivity index (χ2n) is 8.70. The van der Waals surface area contributed by atoms with Gasteiger partial charge in [-0.05, 0) is 51.6 Å². The second-order valence-corrected chi connectivity index (χ2v) is 11.7. The van der Waals surface area contributed by atoms with Crippen molar-refractivity contribution in [2.24, 2.45) is 5.92 Å². The first-order valence-corrected chi connectivity index (χ1v) is 13.5. The highest BCUT2D eigenvalue weighted by Gasteiger charge is 2.42. The van der Waals surface area contributed by atoms with E-state index in [0.717, 1.165) is 16.9 Å². The standard InChI is InChI=1S/C23H34N3O6Si/c1-16(26(18(3)28)23(30)21-10-7-13-24-21)22(29)25-17(2)33(31,32)15-20(14-27)12-11-19-8-5-4-6-9-19/h4-6,8-9,16-17,20-21,24,31-32H,7,10-13,15H2,1-3H3,(H,25,29)/t16-,17+,20-,21-/m0/s1. The average Bonchev–Trinajstić information content (AvgIpc) is 3.32. The number of hydrogen-bond acceptors (Lipinski definition) is 7. The molecule has 1 saturated heterocycles. The number of benzene rings is 1. The van der Waals surface area contributed by atoms with Gasteiger partial charge >= 0.3 is 8.56 Å². The predicted octanol–water partition coefficient (Wildman–Crippen LogP) is 0.331. The zero-order chi connectivity index (χ0) is 24.6. The molecule has 0 aromatic heterocycles. The predicted molar refractivity (Wildman–Crippen MR) is 125 cm³/mol. The topological polar surface area (TPSA) is 136 Å². The summed E-state index contributed by atoms with van der Waals surface area (Å²) in [6.07, 6.45) is 4.28. The summed E-state index contributed by atoms with van der Waals surface area (Å²) in [7, 11) is -4.05. The van der Waals surface area contributed by atoms with Crippen LogP contribution in [0.4, 0.5) is 0 Å². The maximum absolute atomic E-state index is 12.8. The number of rotatable bonds is 11. The van der Waals surface area contributed by atoms with Crippen molar-refractivity contribution in [1.82, 2.24) is 15.5 Å². The molecule has 1 aliphatic rings. The van der Waals surface area contributed by atoms with Crippen LogP contribution in [0, 0.1) is 5.92 Å². The van der Waals surface area contributed by atoms with Crippen molar-refractivity contribution in [2.45, 2.75) is 70.2 Å². The molecule has 3 amide bonds. The molecule has 1 radical (unpaired) electrons. The van der Waals surface area contributed by atoms with E-state index in [1.165, 1.54) is 20.8 Å². The van der Waals surface area contributed by atoms with Crippen molar-refractivity contribution in [1.29, 1.82) is 0 Å². The Labute approximate surface area is 195 Å². The van der Waals surface area contributed by atoms with Crippen LogP contribution in [0.1, 0.15) is 45.6 Å². The number of hydrogen-bond donors (Lipinski definition) is 4. The third kappa shape index (κ3) is 7.56. The minimum atomic E-state index is -4.05. The van der Waals surface area contributed by atoms with Gasteiger partial charge < -0.3 is 20.2 Å². The Bertz CT molecular complexity index is 829. The van der Waals surface area contributed by atoms with Gasteiger partial charge in [0.1, 0.15) is 6.04 Å². The van der Waals surface area contributed by atoms with Gasteiger partial charge in [0.15, 0.2) is 0 Å². The van der Waals surface area contributed by atoms with Crippen LogP contribution < -0.4 is 10.6 Å². The molecule has 0 spiro atoms. The first kappa shape index (κ1) is 26.8. The summed E-state index contributed by atoms with van der Waals surface area (Å²) in [6.45, 7) is 4.76. The van der Waals surface area contributed by atoms with Crippen molar-refractivity contribution in [3.63, 3.8) is 0 Å². The first-order valence-electron chi connectivity index (χ1n) is 11.3. The van der Waals surface area contributed by atoms with Gasteiger partial charge in [-0.3, -0.25) is 24.1 Å². The van der Waals surface area contributed by atoms with Crippen LogP contribution in [0.25, 0.3) is 0 Å². The number of nitrogens with zero attached hydrogens (tertiary/aromatic N) is 1. The van der Waals surface area contributed by atoms with Crippen molar-refractivity contribution in [3.8, 4) is 0 Å². The maximum Gasteiger partial charge on any atom is 0.356 e. The van der Waals surface area contributed by atoms with Gasteiger partial charge in [0.2, 0.25) is 24.0 Å². The highest BCUT2D eigenvalue weighted by atomic mass is 28.4. The number of nitrogens with one attached hydrogen (secondary N) is 2. The number of amides is 3. The molecular weight excluding hydrogens is 442 g/mol. The quantitative estimate of drug-likeness (QED) is 0.338. The van der Waals surface area contributed by atoms with E-state index in [-0.39, 0.29) is 6.04 Å². The van der Waals surface area contributed by atoms with Gasteiger partial charge in [-0.25, -0.2) is 0 Å². The normalized spacial score (nSPS) is 18.8. The summed E-state index contributed by atoms with van der Waals surface area (Å²) in [4.78, 5) is 71.3. The van der Waals surface area contributed by atoms with Crippen LogP contribution in [0.5, 0.6) is 0 Å². The number of imide groups is 1. The van der Waals surface area contributed by atoms with Gasteiger partial charge in [-0.15, -0.1) is 0 Å². The summed E-state index contributed by atoms with van der Waals surface area (Å²) in [5.41, 5.74) is 0.00959. The van der Waals surface area contributed by atoms with E-state index < -0.39 is 49.9 Å². The van der Waals surface area contributed by atoms with E-state index in [0.29, 0.717) is 25.8 Å². The maximum atomic E-state index is 12.8. The van der Waals surface area contributed by atoms with E-state index >= 15 is 0 Å². The average molecular weight is 477 g/mol. The van der Waals surface area contributed by atoms with E-state index in [9.17, 15) is 28.8 Å². The van der Waals surface area contributed by atoms with Crippen LogP contribution in [0.15, 0.2) is 30.3 Å². The monoisotopic (exact) mass is 476 g/mol. The Morgan fingerprint density at radius 1 is 1.24 bits per heavy atom. The van der Waals surface area contributed by atoms with Crippen LogP contribution >= 0.6 is 0 Å². The zero-order valence-corrected chi connectivity index (χ0v) is 20.4. The fourth-order valence-corrected chi connectivity index (χ4v) is 5.72. The number of aryl methyl sites for hydroxylation is 1. The van der Waals surface area contributed by atoms with Crippen LogP contribution in [-0.4, -0.2) is 71.4 Å². The number of carbonyl (C=O) groups excluding carboxylic acids is 4. The summed E-state index contributed by atoms with van der Waals surface area (Å²) in [5.74, 6) is -2.38. The first-order chi connectivity index (χ1) is 15.6. The smallest absolute Gasteiger partial charge is 0.356 e. The molecule has 1 aromatic carbocycles. The minimum Gasteiger partial charge on any atom is -0.409 e. The summed E-state index contributed by atoms with van der Waals surface area (Å²) in [6, 6.07) is 7.72. The Morgan fingerprint density at radius 3 is 2.45 bits per heavy atom. The number of carbonyl (C=O) groups is 3. The molecule has 0 bridgehead atoms. The zero-order valence-electron chi connectivity index (χ0n) is 19.4. The Kier molecular flexibility index (Phi) is 9.90. The van der Waals surface area contributed by atoms with Gasteiger partial charge in [-0.1, -0.05) is 30.3 Å². The Balaban J connectivity index is 1.97. The molecule has 0 aliphatic carbocycles. The van der Waals surface area contributed by atoms with E-state index in [1.54, 1.807) is 0 Å². The van der Waals surface area contributed by atoms with Crippen LogP contribution in [-0.2, 0) is 25.6 Å². The van der Waals surface area contributed by atoms with Gasteiger partial charge in [0, 0.05) is 18.9 Å². The SMILES string of the molecule is CC(=O)N(C(=O)[C@@H]1CCCN1)[C@@H](C)C(=O)N[C@@H](C)[Si](O)(O)C[C@H]([C]=O)CCc1ccccc1. The summed E-state index contributed by atoms with van der Waals surface area (Å²) < 4.78 is 0. The lowest BCUT2D eigenvalue weighted by Crippen LogP contribution is -2.61. The Hall–Kier alpha value is -2.40. The minimum absolute atomic E-state index is 0.180. The molecule has 4 N–H and O–H groups in total. The van der Waals surface area contributed by atoms with Crippen molar-refractivity contribution in [2.75, 3.05) is 6.54 Å². The highest BCUT2D eigenvalue weighted by molar-refractivity contribution is 6.66. The lowest BCUT2D eigenvalue weighted by molar-refractivity contribution is -0.151.